The summed E-state index contributed by atoms with van der Waals surface area (Å²) in [4.78, 5) is 8.70. The third-order valence-corrected chi connectivity index (χ3v) is 5.67. The topological polar surface area (TPSA) is 96.3 Å². The van der Waals surface area contributed by atoms with Gasteiger partial charge in [-0.25, -0.2) is 9.97 Å². The number of aromatic nitrogens is 2. The van der Waals surface area contributed by atoms with E-state index in [1.807, 2.05) is 39.0 Å². The summed E-state index contributed by atoms with van der Waals surface area (Å²) in [5, 5.41) is 5.88. The maximum Gasteiger partial charge on any atom is 0.285 e. The quantitative estimate of drug-likeness (QED) is 0.429. The lowest BCUT2D eigenvalue weighted by Crippen LogP contribution is -2.25. The van der Waals surface area contributed by atoms with E-state index in [-0.39, 0.29) is 16.8 Å². The third kappa shape index (κ3) is 5.85. The van der Waals surface area contributed by atoms with Crippen LogP contribution >= 0.6 is 15.9 Å². The minimum absolute atomic E-state index is 0.00195. The molecule has 150 valence electrons. The molecule has 1 aromatic heterocycles. The molecule has 29 heavy (non-hydrogen) atoms. The first-order valence-electron chi connectivity index (χ1n) is 8.75. The maximum atomic E-state index is 12.8. The van der Waals surface area contributed by atoms with E-state index in [9.17, 15) is 8.42 Å². The summed E-state index contributed by atoms with van der Waals surface area (Å²) in [7, 11) is -3.95. The Balaban J connectivity index is 1.99. The second-order valence-corrected chi connectivity index (χ2v) is 8.98. The molecular weight excluding hydrogens is 454 g/mol. The SMILES string of the molecule is Cc1ccc(S(=O)(=O)/N=C(\Nc2ccc(Br)cc2)Nc2nc(C)cc(C)n2)cc1. The molecule has 0 saturated heterocycles. The van der Waals surface area contributed by atoms with Gasteiger partial charge in [0.05, 0.1) is 4.90 Å². The average molecular weight is 474 g/mol. The van der Waals surface area contributed by atoms with Gasteiger partial charge in [-0.3, -0.25) is 5.32 Å². The van der Waals surface area contributed by atoms with Gasteiger partial charge in [-0.15, -0.1) is 4.40 Å². The number of nitrogens with zero attached hydrogens (tertiary/aromatic N) is 3. The largest absolute Gasteiger partial charge is 0.325 e. The molecule has 7 nitrogen and oxygen atoms in total. The second kappa shape index (κ2) is 8.71. The van der Waals surface area contributed by atoms with Crippen LogP contribution in [0.1, 0.15) is 17.0 Å². The highest BCUT2D eigenvalue weighted by Gasteiger charge is 2.16. The van der Waals surface area contributed by atoms with E-state index in [1.165, 1.54) is 12.1 Å². The first-order chi connectivity index (χ1) is 13.7. The molecule has 0 radical (unpaired) electrons. The Morgan fingerprint density at radius 3 is 2.07 bits per heavy atom. The molecule has 0 aliphatic rings. The van der Waals surface area contributed by atoms with Crippen molar-refractivity contribution < 1.29 is 8.42 Å². The van der Waals surface area contributed by atoms with Crippen molar-refractivity contribution in [2.45, 2.75) is 25.7 Å². The van der Waals surface area contributed by atoms with E-state index in [1.54, 1.807) is 24.3 Å². The zero-order valence-corrected chi connectivity index (χ0v) is 18.5. The highest BCUT2D eigenvalue weighted by molar-refractivity contribution is 9.10. The number of hydrogen-bond donors (Lipinski definition) is 2. The van der Waals surface area contributed by atoms with Gasteiger partial charge in [-0.2, -0.15) is 8.42 Å². The van der Waals surface area contributed by atoms with Crippen molar-refractivity contribution in [3.8, 4) is 0 Å². The lowest BCUT2D eigenvalue weighted by atomic mass is 10.2. The minimum Gasteiger partial charge on any atom is -0.325 e. The molecule has 0 aliphatic carbocycles. The summed E-state index contributed by atoms with van der Waals surface area (Å²) in [5.41, 5.74) is 3.12. The van der Waals surface area contributed by atoms with Gasteiger partial charge in [-0.05, 0) is 63.2 Å². The Morgan fingerprint density at radius 2 is 1.48 bits per heavy atom. The van der Waals surface area contributed by atoms with Gasteiger partial charge in [0, 0.05) is 21.5 Å². The smallest absolute Gasteiger partial charge is 0.285 e. The van der Waals surface area contributed by atoms with Crippen LogP contribution in [0.2, 0.25) is 0 Å². The van der Waals surface area contributed by atoms with Crippen molar-refractivity contribution in [2.24, 2.45) is 4.40 Å². The van der Waals surface area contributed by atoms with Gasteiger partial charge in [-0.1, -0.05) is 33.6 Å². The van der Waals surface area contributed by atoms with Crippen LogP contribution in [0, 0.1) is 20.8 Å². The minimum atomic E-state index is -3.95. The number of aryl methyl sites for hydroxylation is 3. The van der Waals surface area contributed by atoms with Crippen LogP contribution in [0.15, 0.2) is 68.4 Å². The molecule has 9 heteroatoms. The fourth-order valence-corrected chi connectivity index (χ4v) is 3.70. The zero-order valence-electron chi connectivity index (χ0n) is 16.1. The summed E-state index contributed by atoms with van der Waals surface area (Å²) in [6.45, 7) is 5.56. The van der Waals surface area contributed by atoms with Crippen LogP contribution < -0.4 is 10.6 Å². The number of anilines is 2. The first kappa shape index (κ1) is 20.9. The van der Waals surface area contributed by atoms with E-state index in [2.05, 4.69) is 40.9 Å². The van der Waals surface area contributed by atoms with Crippen LogP contribution in [-0.4, -0.2) is 24.3 Å². The van der Waals surface area contributed by atoms with Gasteiger partial charge < -0.3 is 5.32 Å². The number of rotatable bonds is 4. The molecule has 0 spiro atoms. The molecule has 0 aliphatic heterocycles. The van der Waals surface area contributed by atoms with Crippen molar-refractivity contribution in [1.29, 1.82) is 0 Å². The number of guanidine groups is 1. The van der Waals surface area contributed by atoms with Gasteiger partial charge in [0.2, 0.25) is 11.9 Å². The number of halogens is 1. The van der Waals surface area contributed by atoms with Crippen LogP contribution in [0.25, 0.3) is 0 Å². The van der Waals surface area contributed by atoms with Crippen LogP contribution in [0.4, 0.5) is 11.6 Å². The zero-order chi connectivity index (χ0) is 21.0. The molecule has 2 N–H and O–H groups in total. The van der Waals surface area contributed by atoms with Gasteiger partial charge in [0.25, 0.3) is 10.0 Å². The van der Waals surface area contributed by atoms with Crippen molar-refractivity contribution >= 4 is 43.5 Å². The molecule has 2 aromatic carbocycles. The molecule has 0 fully saturated rings. The lowest BCUT2D eigenvalue weighted by molar-refractivity contribution is 0.598. The Hall–Kier alpha value is -2.78. The van der Waals surface area contributed by atoms with Gasteiger partial charge in [0.1, 0.15) is 0 Å². The molecule has 0 atom stereocenters. The summed E-state index contributed by atoms with van der Waals surface area (Å²) >= 11 is 3.38. The third-order valence-electron chi connectivity index (χ3n) is 3.85. The van der Waals surface area contributed by atoms with Crippen LogP contribution in [0.3, 0.4) is 0 Å². The monoisotopic (exact) mass is 473 g/mol. The molecule has 1 heterocycles. The van der Waals surface area contributed by atoms with Gasteiger partial charge in [0.15, 0.2) is 0 Å². The van der Waals surface area contributed by atoms with Crippen molar-refractivity contribution in [2.75, 3.05) is 10.6 Å². The van der Waals surface area contributed by atoms with Crippen molar-refractivity contribution in [3.05, 3.63) is 76.0 Å². The highest BCUT2D eigenvalue weighted by Crippen LogP contribution is 2.17. The fourth-order valence-electron chi connectivity index (χ4n) is 2.52. The van der Waals surface area contributed by atoms with Gasteiger partial charge >= 0.3 is 0 Å². The fraction of sp³-hybridized carbons (Fsp3) is 0.150. The normalized spacial score (nSPS) is 11.9. The Bertz CT molecular complexity index is 1120. The molecule has 3 aromatic rings. The maximum absolute atomic E-state index is 12.8. The standard InChI is InChI=1S/C20H20BrN5O2S/c1-13-4-10-18(11-5-13)29(27,28)26-20(24-17-8-6-16(21)7-9-17)25-19-22-14(2)12-15(3)23-19/h4-12H,1-3H3,(H2,22,23,24,25,26). The van der Waals surface area contributed by atoms with Crippen molar-refractivity contribution in [1.82, 2.24) is 9.97 Å². The lowest BCUT2D eigenvalue weighted by Gasteiger charge is -2.12. The summed E-state index contributed by atoms with van der Waals surface area (Å²) in [5.74, 6) is 0.253. The highest BCUT2D eigenvalue weighted by atomic mass is 79.9. The van der Waals surface area contributed by atoms with E-state index < -0.39 is 10.0 Å². The Labute approximate surface area is 178 Å². The number of nitrogens with one attached hydrogen (secondary N) is 2. The predicted molar refractivity (Wildman–Crippen MR) is 119 cm³/mol. The number of benzene rings is 2. The molecule has 0 saturated carbocycles. The number of hydrogen-bond acceptors (Lipinski definition) is 4. The average Bonchev–Trinajstić information content (AvgIpc) is 2.63. The molecule has 3 rings (SSSR count). The molecule has 0 unspecified atom stereocenters. The second-order valence-electron chi connectivity index (χ2n) is 6.46. The summed E-state index contributed by atoms with van der Waals surface area (Å²) in [6, 6.07) is 15.6. The Kier molecular flexibility index (Phi) is 6.29. The van der Waals surface area contributed by atoms with Crippen LogP contribution in [0.5, 0.6) is 0 Å². The van der Waals surface area contributed by atoms with E-state index in [4.69, 9.17) is 0 Å². The van der Waals surface area contributed by atoms with E-state index >= 15 is 0 Å². The summed E-state index contributed by atoms with van der Waals surface area (Å²) < 4.78 is 30.5. The molecule has 0 amide bonds. The Morgan fingerprint density at radius 1 is 0.897 bits per heavy atom. The molecule has 0 bridgehead atoms. The van der Waals surface area contributed by atoms with Crippen LogP contribution in [-0.2, 0) is 10.0 Å². The van der Waals surface area contributed by atoms with Crippen molar-refractivity contribution in [3.63, 3.8) is 0 Å². The summed E-state index contributed by atoms with van der Waals surface area (Å²) in [6.07, 6.45) is 0. The molecular formula is C20H20BrN5O2S. The number of sulfonamides is 1. The van der Waals surface area contributed by atoms with E-state index in [0.717, 1.165) is 21.4 Å². The van der Waals surface area contributed by atoms with E-state index in [0.29, 0.717) is 5.69 Å². The predicted octanol–water partition coefficient (Wildman–Crippen LogP) is 4.43. The first-order valence-corrected chi connectivity index (χ1v) is 11.0.